The lowest BCUT2D eigenvalue weighted by atomic mass is 10.1. The van der Waals surface area contributed by atoms with Gasteiger partial charge in [-0.3, -0.25) is 0 Å². The zero-order chi connectivity index (χ0) is 13.8. The van der Waals surface area contributed by atoms with E-state index in [0.29, 0.717) is 18.2 Å². The SMILES string of the molecule is COCCc1ccc(Oc2c(N)c(C)nn2C)cc1. The molecular formula is C14H19N3O2. The quantitative estimate of drug-likeness (QED) is 0.897. The Kier molecular flexibility index (Phi) is 4.06. The molecule has 0 aliphatic carbocycles. The topological polar surface area (TPSA) is 62.3 Å². The number of aryl methyl sites for hydroxylation is 2. The largest absolute Gasteiger partial charge is 0.437 e. The summed E-state index contributed by atoms with van der Waals surface area (Å²) >= 11 is 0. The fraction of sp³-hybridized carbons (Fsp3) is 0.357. The highest BCUT2D eigenvalue weighted by atomic mass is 16.5. The maximum Gasteiger partial charge on any atom is 0.241 e. The van der Waals surface area contributed by atoms with E-state index in [-0.39, 0.29) is 0 Å². The molecule has 5 nitrogen and oxygen atoms in total. The van der Waals surface area contributed by atoms with Gasteiger partial charge in [-0.1, -0.05) is 12.1 Å². The van der Waals surface area contributed by atoms with Gasteiger partial charge in [-0.25, -0.2) is 4.68 Å². The van der Waals surface area contributed by atoms with E-state index < -0.39 is 0 Å². The van der Waals surface area contributed by atoms with E-state index in [1.807, 2.05) is 38.2 Å². The van der Waals surface area contributed by atoms with Crippen molar-refractivity contribution in [1.82, 2.24) is 9.78 Å². The van der Waals surface area contributed by atoms with E-state index in [1.54, 1.807) is 11.8 Å². The lowest BCUT2D eigenvalue weighted by Crippen LogP contribution is -1.98. The maximum absolute atomic E-state index is 5.92. The summed E-state index contributed by atoms with van der Waals surface area (Å²) in [6.07, 6.45) is 0.893. The lowest BCUT2D eigenvalue weighted by molar-refractivity contribution is 0.202. The Morgan fingerprint density at radius 3 is 2.47 bits per heavy atom. The van der Waals surface area contributed by atoms with Gasteiger partial charge in [-0.2, -0.15) is 5.10 Å². The van der Waals surface area contributed by atoms with E-state index in [9.17, 15) is 0 Å². The summed E-state index contributed by atoms with van der Waals surface area (Å²) in [5.74, 6) is 1.32. The van der Waals surface area contributed by atoms with Crippen molar-refractivity contribution in [1.29, 1.82) is 0 Å². The molecule has 0 bridgehead atoms. The number of methoxy groups -OCH3 is 1. The molecule has 19 heavy (non-hydrogen) atoms. The van der Waals surface area contributed by atoms with Crippen LogP contribution in [0.3, 0.4) is 0 Å². The number of aromatic nitrogens is 2. The zero-order valence-corrected chi connectivity index (χ0v) is 11.5. The number of hydrogen-bond acceptors (Lipinski definition) is 4. The van der Waals surface area contributed by atoms with Crippen LogP contribution in [0.25, 0.3) is 0 Å². The van der Waals surface area contributed by atoms with Crippen LogP contribution in [0.4, 0.5) is 5.69 Å². The van der Waals surface area contributed by atoms with Crippen LogP contribution < -0.4 is 10.5 Å². The summed E-state index contributed by atoms with van der Waals surface area (Å²) in [5.41, 5.74) is 8.48. The van der Waals surface area contributed by atoms with Crippen molar-refractivity contribution in [2.75, 3.05) is 19.5 Å². The predicted octanol–water partition coefficient (Wildman–Crippen LogP) is 2.29. The van der Waals surface area contributed by atoms with E-state index >= 15 is 0 Å². The minimum absolute atomic E-state index is 0.571. The molecule has 0 saturated heterocycles. The summed E-state index contributed by atoms with van der Waals surface area (Å²) in [7, 11) is 3.51. The third-order valence-electron chi connectivity index (χ3n) is 2.95. The van der Waals surface area contributed by atoms with Crippen molar-refractivity contribution < 1.29 is 9.47 Å². The number of anilines is 1. The molecule has 0 saturated carbocycles. The van der Waals surface area contributed by atoms with Crippen LogP contribution in [0.2, 0.25) is 0 Å². The highest BCUT2D eigenvalue weighted by Gasteiger charge is 2.12. The predicted molar refractivity (Wildman–Crippen MR) is 74.5 cm³/mol. The molecule has 1 aromatic heterocycles. The van der Waals surface area contributed by atoms with Crippen LogP contribution in [0, 0.1) is 6.92 Å². The highest BCUT2D eigenvalue weighted by Crippen LogP contribution is 2.29. The second-order valence-corrected chi connectivity index (χ2v) is 4.42. The van der Waals surface area contributed by atoms with Crippen molar-refractivity contribution in [3.8, 4) is 11.6 Å². The van der Waals surface area contributed by atoms with Crippen LogP contribution in [0.5, 0.6) is 11.6 Å². The van der Waals surface area contributed by atoms with Crippen LogP contribution in [-0.2, 0) is 18.2 Å². The Labute approximate surface area is 112 Å². The third-order valence-corrected chi connectivity index (χ3v) is 2.95. The van der Waals surface area contributed by atoms with E-state index in [2.05, 4.69) is 5.10 Å². The second kappa shape index (κ2) is 5.75. The molecule has 2 N–H and O–H groups in total. The average Bonchev–Trinajstić information content (AvgIpc) is 2.64. The van der Waals surface area contributed by atoms with E-state index in [1.165, 1.54) is 5.56 Å². The number of nitrogens with two attached hydrogens (primary N) is 1. The molecule has 0 fully saturated rings. The average molecular weight is 261 g/mol. The first-order valence-electron chi connectivity index (χ1n) is 6.16. The van der Waals surface area contributed by atoms with Crippen LogP contribution in [0.1, 0.15) is 11.3 Å². The number of rotatable bonds is 5. The first-order chi connectivity index (χ1) is 9.11. The number of benzene rings is 1. The molecule has 0 unspecified atom stereocenters. The third kappa shape index (κ3) is 3.06. The summed E-state index contributed by atoms with van der Waals surface area (Å²) in [6.45, 7) is 2.57. The molecule has 5 heteroatoms. The molecule has 0 radical (unpaired) electrons. The van der Waals surface area contributed by atoms with Crippen LogP contribution in [0.15, 0.2) is 24.3 Å². The number of hydrogen-bond donors (Lipinski definition) is 1. The maximum atomic E-state index is 5.92. The summed E-state index contributed by atoms with van der Waals surface area (Å²) in [6, 6.07) is 7.89. The Hall–Kier alpha value is -2.01. The molecule has 2 rings (SSSR count). The molecular weight excluding hydrogens is 242 g/mol. The Balaban J connectivity index is 2.11. The molecule has 0 aliphatic heterocycles. The minimum atomic E-state index is 0.571. The van der Waals surface area contributed by atoms with Gasteiger partial charge in [0.2, 0.25) is 5.88 Å². The van der Waals surface area contributed by atoms with Gasteiger partial charge in [0.15, 0.2) is 0 Å². The number of ether oxygens (including phenoxy) is 2. The zero-order valence-electron chi connectivity index (χ0n) is 11.5. The van der Waals surface area contributed by atoms with Crippen molar-refractivity contribution in [3.05, 3.63) is 35.5 Å². The molecule has 0 amide bonds. The molecule has 102 valence electrons. The summed E-state index contributed by atoms with van der Waals surface area (Å²) < 4.78 is 12.5. The van der Waals surface area contributed by atoms with Gasteiger partial charge in [0.05, 0.1) is 12.3 Å². The first kappa shape index (κ1) is 13.4. The van der Waals surface area contributed by atoms with Gasteiger partial charge in [0.1, 0.15) is 11.4 Å². The standard InChI is InChI=1S/C14H19N3O2/c1-10-13(15)14(17(2)16-10)19-12-6-4-11(5-7-12)8-9-18-3/h4-7H,8-9,15H2,1-3H3. The summed E-state index contributed by atoms with van der Waals surface area (Å²) in [5, 5.41) is 4.21. The molecule has 1 aromatic carbocycles. The smallest absolute Gasteiger partial charge is 0.241 e. The van der Waals surface area contributed by atoms with Gasteiger partial charge in [-0.05, 0) is 31.0 Å². The number of nitrogen functional groups attached to an aromatic ring is 1. The van der Waals surface area contributed by atoms with Gasteiger partial charge < -0.3 is 15.2 Å². The monoisotopic (exact) mass is 261 g/mol. The van der Waals surface area contributed by atoms with Gasteiger partial charge >= 0.3 is 0 Å². The normalized spacial score (nSPS) is 10.7. The van der Waals surface area contributed by atoms with Crippen molar-refractivity contribution in [3.63, 3.8) is 0 Å². The molecule has 0 spiro atoms. The van der Waals surface area contributed by atoms with Gasteiger partial charge in [-0.15, -0.1) is 0 Å². The fourth-order valence-electron chi connectivity index (χ4n) is 1.83. The second-order valence-electron chi connectivity index (χ2n) is 4.42. The van der Waals surface area contributed by atoms with E-state index in [4.69, 9.17) is 15.2 Å². The molecule has 0 atom stereocenters. The summed E-state index contributed by atoms with van der Waals surface area (Å²) in [4.78, 5) is 0. The van der Waals surface area contributed by atoms with E-state index in [0.717, 1.165) is 17.9 Å². The van der Waals surface area contributed by atoms with Crippen LogP contribution >= 0.6 is 0 Å². The highest BCUT2D eigenvalue weighted by molar-refractivity contribution is 5.53. The Bertz CT molecular complexity index is 547. The van der Waals surface area contributed by atoms with Gasteiger partial charge in [0, 0.05) is 14.2 Å². The number of nitrogens with zero attached hydrogens (tertiary/aromatic N) is 2. The minimum Gasteiger partial charge on any atom is -0.437 e. The van der Waals surface area contributed by atoms with Crippen LogP contribution in [-0.4, -0.2) is 23.5 Å². The molecule has 2 aromatic rings. The van der Waals surface area contributed by atoms with Gasteiger partial charge in [0.25, 0.3) is 0 Å². The van der Waals surface area contributed by atoms with Crippen molar-refractivity contribution in [2.45, 2.75) is 13.3 Å². The Morgan fingerprint density at radius 1 is 1.26 bits per heavy atom. The van der Waals surface area contributed by atoms with Crippen molar-refractivity contribution in [2.24, 2.45) is 7.05 Å². The Morgan fingerprint density at radius 2 is 1.95 bits per heavy atom. The molecule has 0 aliphatic rings. The lowest BCUT2D eigenvalue weighted by Gasteiger charge is -2.07. The fourth-order valence-corrected chi connectivity index (χ4v) is 1.83. The first-order valence-corrected chi connectivity index (χ1v) is 6.16. The van der Waals surface area contributed by atoms with Crippen molar-refractivity contribution >= 4 is 5.69 Å². The molecule has 1 heterocycles.